The summed E-state index contributed by atoms with van der Waals surface area (Å²) in [5.74, 6) is 1.61. The highest BCUT2D eigenvalue weighted by Gasteiger charge is 2.28. The Hall–Kier alpha value is -2.62. The van der Waals surface area contributed by atoms with Gasteiger partial charge in [0.05, 0.1) is 12.7 Å². The Kier molecular flexibility index (Phi) is 6.28. The number of ether oxygens (including phenoxy) is 1. The van der Waals surface area contributed by atoms with Gasteiger partial charge in [-0.2, -0.15) is 5.26 Å². The molecule has 1 N–H and O–H groups in total. The molecular weight excluding hydrogens is 340 g/mol. The van der Waals surface area contributed by atoms with Gasteiger partial charge in [-0.05, 0) is 43.2 Å². The molecule has 6 nitrogen and oxygen atoms in total. The predicted octanol–water partition coefficient (Wildman–Crippen LogP) is 2.34. The van der Waals surface area contributed by atoms with E-state index in [0.29, 0.717) is 12.0 Å². The van der Waals surface area contributed by atoms with Crippen molar-refractivity contribution in [3.8, 4) is 11.8 Å². The van der Waals surface area contributed by atoms with Crippen molar-refractivity contribution in [2.24, 2.45) is 0 Å². The maximum Gasteiger partial charge on any atom is 0.146 e. The van der Waals surface area contributed by atoms with E-state index in [9.17, 15) is 10.4 Å². The number of hydrogen-bond acceptors (Lipinski definition) is 6. The molecule has 2 heterocycles. The van der Waals surface area contributed by atoms with Crippen LogP contribution in [0.5, 0.6) is 5.75 Å². The molecule has 2 aromatic rings. The van der Waals surface area contributed by atoms with E-state index in [2.05, 4.69) is 33.0 Å². The van der Waals surface area contributed by atoms with Crippen molar-refractivity contribution in [3.63, 3.8) is 0 Å². The third-order valence-corrected chi connectivity index (χ3v) is 5.02. The molecule has 0 saturated carbocycles. The lowest BCUT2D eigenvalue weighted by molar-refractivity contribution is 0.135. The number of aromatic nitrogens is 1. The lowest BCUT2D eigenvalue weighted by Gasteiger charge is -2.42. The lowest BCUT2D eigenvalue weighted by atomic mass is 10.1. The third-order valence-electron chi connectivity index (χ3n) is 5.02. The first-order valence-corrected chi connectivity index (χ1v) is 9.25. The zero-order valence-electron chi connectivity index (χ0n) is 15.9. The van der Waals surface area contributed by atoms with E-state index in [1.54, 1.807) is 7.11 Å². The number of nitriles is 1. The topological polar surface area (TPSA) is 72.6 Å². The van der Waals surface area contributed by atoms with Crippen LogP contribution in [0.1, 0.15) is 23.2 Å². The molecule has 1 atom stereocenters. The molecule has 0 unspecified atom stereocenters. The van der Waals surface area contributed by atoms with E-state index in [1.807, 2.05) is 31.2 Å². The number of aliphatic hydroxyl groups is 1. The summed E-state index contributed by atoms with van der Waals surface area (Å²) >= 11 is 0. The highest BCUT2D eigenvalue weighted by atomic mass is 16.5. The molecule has 1 fully saturated rings. The average molecular weight is 366 g/mol. The van der Waals surface area contributed by atoms with E-state index >= 15 is 0 Å². The fraction of sp³-hybridized carbons (Fsp3) is 0.429. The van der Waals surface area contributed by atoms with Crippen molar-refractivity contribution in [1.29, 1.82) is 5.26 Å². The molecule has 142 valence electrons. The molecule has 1 saturated heterocycles. The van der Waals surface area contributed by atoms with E-state index in [4.69, 9.17) is 4.74 Å². The highest BCUT2D eigenvalue weighted by molar-refractivity contribution is 5.54. The molecule has 0 aliphatic carbocycles. The van der Waals surface area contributed by atoms with E-state index in [0.717, 1.165) is 43.4 Å². The molecule has 0 bridgehead atoms. The highest BCUT2D eigenvalue weighted by Crippen LogP contribution is 2.24. The monoisotopic (exact) mass is 366 g/mol. The minimum atomic E-state index is 0.138. The van der Waals surface area contributed by atoms with Gasteiger partial charge in [0.15, 0.2) is 0 Å². The van der Waals surface area contributed by atoms with Crippen molar-refractivity contribution in [2.45, 2.75) is 25.9 Å². The number of anilines is 1. The number of rotatable bonds is 6. The fourth-order valence-corrected chi connectivity index (χ4v) is 3.59. The summed E-state index contributed by atoms with van der Waals surface area (Å²) in [5.41, 5.74) is 2.70. The Balaban J connectivity index is 1.77. The molecular formula is C21H26N4O2. The summed E-state index contributed by atoms with van der Waals surface area (Å²) in [4.78, 5) is 9.17. The van der Waals surface area contributed by atoms with Crippen LogP contribution in [0.15, 0.2) is 36.4 Å². The van der Waals surface area contributed by atoms with Gasteiger partial charge >= 0.3 is 0 Å². The summed E-state index contributed by atoms with van der Waals surface area (Å²) < 4.78 is 5.32. The van der Waals surface area contributed by atoms with Gasteiger partial charge < -0.3 is 14.7 Å². The first-order chi connectivity index (χ1) is 13.1. The Bertz CT molecular complexity index is 818. The van der Waals surface area contributed by atoms with Crippen LogP contribution in [0.2, 0.25) is 0 Å². The number of methoxy groups -OCH3 is 1. The number of piperazine rings is 1. The first kappa shape index (κ1) is 19.2. The maximum atomic E-state index is 9.55. The minimum absolute atomic E-state index is 0.138. The Morgan fingerprint density at radius 1 is 1.30 bits per heavy atom. The van der Waals surface area contributed by atoms with Gasteiger partial charge in [0, 0.05) is 44.5 Å². The second-order valence-corrected chi connectivity index (χ2v) is 6.87. The number of aryl methyl sites for hydroxylation is 1. The Morgan fingerprint density at radius 2 is 2.15 bits per heavy atom. The van der Waals surface area contributed by atoms with Crippen LogP contribution in [-0.2, 0) is 6.54 Å². The maximum absolute atomic E-state index is 9.55. The molecule has 27 heavy (non-hydrogen) atoms. The van der Waals surface area contributed by atoms with E-state index in [-0.39, 0.29) is 12.6 Å². The zero-order valence-corrected chi connectivity index (χ0v) is 15.9. The summed E-state index contributed by atoms with van der Waals surface area (Å²) in [5, 5.41) is 19.0. The van der Waals surface area contributed by atoms with Crippen LogP contribution in [-0.4, -0.2) is 54.4 Å². The first-order valence-electron chi connectivity index (χ1n) is 9.25. The molecule has 1 aliphatic heterocycles. The van der Waals surface area contributed by atoms with Gasteiger partial charge in [-0.25, -0.2) is 4.98 Å². The van der Waals surface area contributed by atoms with Gasteiger partial charge in [0.2, 0.25) is 0 Å². The average Bonchev–Trinajstić information content (AvgIpc) is 2.69. The van der Waals surface area contributed by atoms with Crippen LogP contribution in [0.25, 0.3) is 0 Å². The van der Waals surface area contributed by atoms with Gasteiger partial charge in [0.25, 0.3) is 0 Å². The van der Waals surface area contributed by atoms with Gasteiger partial charge in [0.1, 0.15) is 17.6 Å². The van der Waals surface area contributed by atoms with Crippen molar-refractivity contribution >= 4 is 5.82 Å². The number of nitrogens with zero attached hydrogens (tertiary/aromatic N) is 4. The molecule has 0 amide bonds. The van der Waals surface area contributed by atoms with Crippen LogP contribution in [0.3, 0.4) is 0 Å². The standard InChI is InChI=1S/C21H26N4O2/c1-16-6-7-18(13-22)21(23-16)25-10-9-24(19(15-25)8-11-26)14-17-4-3-5-20(12-17)27-2/h3-7,12,19,26H,8-11,14-15H2,1-2H3/t19-/m0/s1. The predicted molar refractivity (Wildman–Crippen MR) is 105 cm³/mol. The lowest BCUT2D eigenvalue weighted by Crippen LogP contribution is -2.53. The molecule has 6 heteroatoms. The number of aliphatic hydroxyl groups excluding tert-OH is 1. The summed E-state index contributed by atoms with van der Waals surface area (Å²) in [6.07, 6.45) is 0.689. The van der Waals surface area contributed by atoms with Crippen LogP contribution >= 0.6 is 0 Å². The molecule has 1 aromatic carbocycles. The molecule has 1 aliphatic rings. The van der Waals surface area contributed by atoms with Gasteiger partial charge in [-0.3, -0.25) is 4.90 Å². The number of pyridine rings is 1. The fourth-order valence-electron chi connectivity index (χ4n) is 3.59. The number of hydrogen-bond donors (Lipinski definition) is 1. The van der Waals surface area contributed by atoms with E-state index in [1.165, 1.54) is 5.56 Å². The van der Waals surface area contributed by atoms with Crippen molar-refractivity contribution < 1.29 is 9.84 Å². The molecule has 1 aromatic heterocycles. The quantitative estimate of drug-likeness (QED) is 0.846. The Labute approximate surface area is 160 Å². The number of benzene rings is 1. The van der Waals surface area contributed by atoms with Gasteiger partial charge in [-0.1, -0.05) is 12.1 Å². The molecule has 3 rings (SSSR count). The summed E-state index contributed by atoms with van der Waals surface area (Å²) in [7, 11) is 1.67. The van der Waals surface area contributed by atoms with Crippen LogP contribution < -0.4 is 9.64 Å². The van der Waals surface area contributed by atoms with Crippen molar-refractivity contribution in [1.82, 2.24) is 9.88 Å². The van der Waals surface area contributed by atoms with E-state index < -0.39 is 0 Å². The van der Waals surface area contributed by atoms with Crippen LogP contribution in [0.4, 0.5) is 5.82 Å². The second-order valence-electron chi connectivity index (χ2n) is 6.87. The smallest absolute Gasteiger partial charge is 0.146 e. The van der Waals surface area contributed by atoms with Crippen molar-refractivity contribution in [3.05, 3.63) is 53.2 Å². The van der Waals surface area contributed by atoms with Crippen molar-refractivity contribution in [2.75, 3.05) is 38.3 Å². The Morgan fingerprint density at radius 3 is 2.89 bits per heavy atom. The molecule has 0 radical (unpaired) electrons. The van der Waals surface area contributed by atoms with Gasteiger partial charge in [-0.15, -0.1) is 0 Å². The third kappa shape index (κ3) is 4.57. The SMILES string of the molecule is COc1cccc(CN2CCN(c3nc(C)ccc3C#N)C[C@@H]2CCO)c1. The molecule has 0 spiro atoms. The largest absolute Gasteiger partial charge is 0.497 e. The second kappa shape index (κ2) is 8.85. The zero-order chi connectivity index (χ0) is 19.2. The van der Waals surface area contributed by atoms with Crippen LogP contribution in [0, 0.1) is 18.3 Å². The normalized spacial score (nSPS) is 17.6. The summed E-state index contributed by atoms with van der Waals surface area (Å²) in [6, 6.07) is 14.2. The summed E-state index contributed by atoms with van der Waals surface area (Å²) in [6.45, 7) is 5.28. The minimum Gasteiger partial charge on any atom is -0.497 e.